The highest BCUT2D eigenvalue weighted by atomic mass is 16.3. The molecule has 0 aliphatic heterocycles. The van der Waals surface area contributed by atoms with E-state index < -0.39 is 5.60 Å². The zero-order valence-electron chi connectivity index (χ0n) is 9.42. The van der Waals surface area contributed by atoms with Crippen LogP contribution in [0, 0.1) is 11.8 Å². The molecule has 0 bridgehead atoms. The lowest BCUT2D eigenvalue weighted by Gasteiger charge is -2.15. The molecule has 0 spiro atoms. The van der Waals surface area contributed by atoms with Gasteiger partial charge in [0.1, 0.15) is 5.60 Å². The third kappa shape index (κ3) is 4.71. The zero-order chi connectivity index (χ0) is 11.1. The average molecular weight is 206 g/mol. The molecule has 1 aromatic rings. The molecule has 1 heterocycles. The van der Waals surface area contributed by atoms with Crippen LogP contribution in [0.5, 0.6) is 0 Å². The van der Waals surface area contributed by atoms with Crippen molar-refractivity contribution >= 4 is 0 Å². The average Bonchev–Trinajstić information content (AvgIpc) is 2.68. The molecule has 1 N–H and O–H groups in total. The molecule has 0 saturated carbocycles. The highest BCUT2D eigenvalue weighted by Crippen LogP contribution is 2.13. The second kappa shape index (κ2) is 5.63. The van der Waals surface area contributed by atoms with E-state index in [-0.39, 0.29) is 0 Å². The van der Waals surface area contributed by atoms with E-state index in [1.165, 1.54) is 0 Å². The van der Waals surface area contributed by atoms with Gasteiger partial charge in [-0.1, -0.05) is 25.7 Å². The summed E-state index contributed by atoms with van der Waals surface area (Å²) in [4.78, 5) is 0. The van der Waals surface area contributed by atoms with Crippen LogP contribution in [-0.4, -0.2) is 10.7 Å². The molecule has 0 saturated heterocycles. The van der Waals surface area contributed by atoms with Crippen molar-refractivity contribution in [2.45, 2.75) is 45.1 Å². The van der Waals surface area contributed by atoms with Gasteiger partial charge in [0.2, 0.25) is 0 Å². The number of hydrogen-bond donors (Lipinski definition) is 1. The summed E-state index contributed by atoms with van der Waals surface area (Å²) >= 11 is 0. The maximum absolute atomic E-state index is 9.92. The van der Waals surface area contributed by atoms with Crippen LogP contribution in [0.15, 0.2) is 22.8 Å². The Hall–Kier alpha value is -1.20. The number of rotatable bonds is 4. The fraction of sp³-hybridized carbons (Fsp3) is 0.538. The van der Waals surface area contributed by atoms with E-state index >= 15 is 0 Å². The molecule has 1 rings (SSSR count). The monoisotopic (exact) mass is 206 g/mol. The van der Waals surface area contributed by atoms with Gasteiger partial charge in [-0.05, 0) is 37.8 Å². The Kier molecular flexibility index (Phi) is 4.45. The Labute approximate surface area is 91.3 Å². The fourth-order valence-electron chi connectivity index (χ4n) is 1.33. The molecule has 0 fully saturated rings. The van der Waals surface area contributed by atoms with Gasteiger partial charge in [-0.15, -0.1) is 0 Å². The molecular weight excluding hydrogens is 188 g/mol. The standard InChI is InChI=1S/C13H18O2/c1-3-4-5-9-13(2,14)10-8-12-7-6-11-15-12/h6-7,11,14H,3-5,9H2,1-2H3. The highest BCUT2D eigenvalue weighted by molar-refractivity contribution is 5.27. The van der Waals surface area contributed by atoms with Crippen LogP contribution in [0.4, 0.5) is 0 Å². The second-order valence-electron chi connectivity index (χ2n) is 3.96. The molecule has 0 aromatic carbocycles. The van der Waals surface area contributed by atoms with Crippen molar-refractivity contribution in [2.24, 2.45) is 0 Å². The van der Waals surface area contributed by atoms with Crippen molar-refractivity contribution in [1.82, 2.24) is 0 Å². The van der Waals surface area contributed by atoms with E-state index in [0.717, 1.165) is 19.3 Å². The first kappa shape index (κ1) is 11.9. The van der Waals surface area contributed by atoms with Crippen molar-refractivity contribution in [2.75, 3.05) is 0 Å². The third-order valence-electron chi connectivity index (χ3n) is 2.24. The summed E-state index contributed by atoms with van der Waals surface area (Å²) in [6.07, 6.45) is 5.60. The Bertz CT molecular complexity index is 325. The lowest BCUT2D eigenvalue weighted by atomic mass is 9.99. The summed E-state index contributed by atoms with van der Waals surface area (Å²) in [6, 6.07) is 3.57. The van der Waals surface area contributed by atoms with Gasteiger partial charge in [0.25, 0.3) is 0 Å². The smallest absolute Gasteiger partial charge is 0.176 e. The highest BCUT2D eigenvalue weighted by Gasteiger charge is 2.15. The number of furan rings is 1. The molecule has 2 heteroatoms. The quantitative estimate of drug-likeness (QED) is 0.607. The van der Waals surface area contributed by atoms with Gasteiger partial charge in [-0.3, -0.25) is 0 Å². The van der Waals surface area contributed by atoms with Crippen LogP contribution in [-0.2, 0) is 0 Å². The Morgan fingerprint density at radius 3 is 2.87 bits per heavy atom. The summed E-state index contributed by atoms with van der Waals surface area (Å²) in [5.41, 5.74) is -0.901. The van der Waals surface area contributed by atoms with E-state index in [9.17, 15) is 5.11 Å². The van der Waals surface area contributed by atoms with Gasteiger partial charge >= 0.3 is 0 Å². The van der Waals surface area contributed by atoms with Gasteiger partial charge in [-0.2, -0.15) is 0 Å². The molecule has 1 aromatic heterocycles. The molecule has 0 amide bonds. The first-order chi connectivity index (χ1) is 7.14. The first-order valence-electron chi connectivity index (χ1n) is 5.43. The molecule has 0 aliphatic rings. The molecule has 1 atom stereocenters. The fourth-order valence-corrected chi connectivity index (χ4v) is 1.33. The Morgan fingerprint density at radius 2 is 2.27 bits per heavy atom. The summed E-state index contributed by atoms with van der Waals surface area (Å²) < 4.78 is 5.07. The predicted molar refractivity (Wildman–Crippen MR) is 60.4 cm³/mol. The van der Waals surface area contributed by atoms with E-state index in [2.05, 4.69) is 18.8 Å². The van der Waals surface area contributed by atoms with Crippen LogP contribution in [0.3, 0.4) is 0 Å². The SMILES string of the molecule is CCCCCC(C)(O)C#Cc1ccco1. The van der Waals surface area contributed by atoms with Gasteiger partial charge in [0.15, 0.2) is 5.76 Å². The van der Waals surface area contributed by atoms with Crippen molar-refractivity contribution < 1.29 is 9.52 Å². The molecule has 0 aliphatic carbocycles. The van der Waals surface area contributed by atoms with Gasteiger partial charge < -0.3 is 9.52 Å². The first-order valence-corrected chi connectivity index (χ1v) is 5.43. The van der Waals surface area contributed by atoms with Crippen LogP contribution >= 0.6 is 0 Å². The van der Waals surface area contributed by atoms with E-state index in [1.54, 1.807) is 25.3 Å². The lowest BCUT2D eigenvalue weighted by Crippen LogP contribution is -2.21. The molecule has 2 nitrogen and oxygen atoms in total. The lowest BCUT2D eigenvalue weighted by molar-refractivity contribution is 0.109. The topological polar surface area (TPSA) is 33.4 Å². The van der Waals surface area contributed by atoms with Crippen LogP contribution in [0.1, 0.15) is 45.3 Å². The molecule has 0 radical (unpaired) electrons. The minimum atomic E-state index is -0.901. The van der Waals surface area contributed by atoms with Crippen LogP contribution < -0.4 is 0 Å². The van der Waals surface area contributed by atoms with Crippen molar-refractivity contribution in [1.29, 1.82) is 0 Å². The Morgan fingerprint density at radius 1 is 1.47 bits per heavy atom. The van der Waals surface area contributed by atoms with Crippen molar-refractivity contribution in [3.05, 3.63) is 24.2 Å². The number of unbranched alkanes of at least 4 members (excludes halogenated alkanes) is 2. The molecule has 82 valence electrons. The zero-order valence-corrected chi connectivity index (χ0v) is 9.42. The normalized spacial score (nSPS) is 14.1. The van der Waals surface area contributed by atoms with Crippen LogP contribution in [0.25, 0.3) is 0 Å². The third-order valence-corrected chi connectivity index (χ3v) is 2.24. The summed E-state index contributed by atoms with van der Waals surface area (Å²) in [5, 5.41) is 9.92. The van der Waals surface area contributed by atoms with Crippen molar-refractivity contribution in [3.63, 3.8) is 0 Å². The maximum Gasteiger partial charge on any atom is 0.176 e. The second-order valence-corrected chi connectivity index (χ2v) is 3.96. The van der Waals surface area contributed by atoms with E-state index in [0.29, 0.717) is 12.2 Å². The summed E-state index contributed by atoms with van der Waals surface area (Å²) in [6.45, 7) is 3.89. The number of hydrogen-bond acceptors (Lipinski definition) is 2. The van der Waals surface area contributed by atoms with E-state index in [1.807, 2.05) is 0 Å². The number of aliphatic hydroxyl groups is 1. The Balaban J connectivity index is 2.47. The van der Waals surface area contributed by atoms with Gasteiger partial charge in [0, 0.05) is 0 Å². The van der Waals surface area contributed by atoms with E-state index in [4.69, 9.17) is 4.42 Å². The minimum Gasteiger partial charge on any atom is -0.456 e. The molecule has 15 heavy (non-hydrogen) atoms. The van der Waals surface area contributed by atoms with Crippen LogP contribution in [0.2, 0.25) is 0 Å². The minimum absolute atomic E-state index is 0.603. The molecular formula is C13H18O2. The summed E-state index contributed by atoms with van der Waals surface area (Å²) in [7, 11) is 0. The van der Waals surface area contributed by atoms with Gasteiger partial charge in [0.05, 0.1) is 6.26 Å². The maximum atomic E-state index is 9.92. The largest absolute Gasteiger partial charge is 0.456 e. The molecule has 1 unspecified atom stereocenters. The predicted octanol–water partition coefficient (Wildman–Crippen LogP) is 2.96. The van der Waals surface area contributed by atoms with Gasteiger partial charge in [-0.25, -0.2) is 0 Å². The van der Waals surface area contributed by atoms with Crippen molar-refractivity contribution in [3.8, 4) is 11.8 Å². The summed E-state index contributed by atoms with van der Waals surface area (Å²) in [5.74, 6) is 6.26.